The van der Waals surface area contributed by atoms with Gasteiger partial charge in [-0.1, -0.05) is 25.5 Å². The van der Waals surface area contributed by atoms with Crippen molar-refractivity contribution in [3.8, 4) is 0 Å². The Morgan fingerprint density at radius 2 is 1.25 bits per heavy atom. The number of carbonyl (C=O) groups is 2. The number of carboxylic acids is 2. The summed E-state index contributed by atoms with van der Waals surface area (Å²) in [4.78, 5) is 24.5. The SMILES string of the molecule is CC(=O)[O-].CCCC(Cl)C(=O)[O-].c1cc[nH+]cc1.c1cc[nH+]cc1. The van der Waals surface area contributed by atoms with Gasteiger partial charge in [0.05, 0.1) is 11.3 Å². The van der Waals surface area contributed by atoms with Gasteiger partial charge < -0.3 is 19.8 Å². The molecule has 0 radical (unpaired) electrons. The van der Waals surface area contributed by atoms with Gasteiger partial charge in [-0.25, -0.2) is 9.97 Å². The molecule has 0 saturated heterocycles. The molecule has 2 rings (SSSR count). The summed E-state index contributed by atoms with van der Waals surface area (Å²) in [7, 11) is 0. The minimum Gasteiger partial charge on any atom is -0.550 e. The number of carboxylic acid groups (broad SMARTS) is 2. The van der Waals surface area contributed by atoms with Gasteiger partial charge in [-0.3, -0.25) is 0 Å². The second-order valence-electron chi connectivity index (χ2n) is 4.22. The third kappa shape index (κ3) is 24.5. The van der Waals surface area contributed by atoms with E-state index in [1.807, 2.05) is 68.1 Å². The Labute approximate surface area is 147 Å². The number of pyridine rings is 2. The topological polar surface area (TPSA) is 109 Å². The van der Waals surface area contributed by atoms with Crippen molar-refractivity contribution in [1.29, 1.82) is 0 Å². The van der Waals surface area contributed by atoms with Crippen molar-refractivity contribution in [2.75, 3.05) is 0 Å². The predicted molar refractivity (Wildman–Crippen MR) is 86.2 cm³/mol. The van der Waals surface area contributed by atoms with Gasteiger partial charge in [0.15, 0.2) is 24.8 Å². The Bertz CT molecular complexity index is 424. The van der Waals surface area contributed by atoms with E-state index in [1.165, 1.54) is 0 Å². The Hall–Kier alpha value is -2.47. The molecule has 0 bridgehead atoms. The molecule has 1 atom stereocenters. The van der Waals surface area contributed by atoms with Crippen LogP contribution in [0.2, 0.25) is 0 Å². The van der Waals surface area contributed by atoms with Crippen LogP contribution in [-0.2, 0) is 9.59 Å². The Morgan fingerprint density at radius 3 is 1.33 bits per heavy atom. The van der Waals surface area contributed by atoms with Gasteiger partial charge in [-0.15, -0.1) is 11.6 Å². The zero-order chi connectivity index (χ0) is 18.6. The molecule has 7 heteroatoms. The van der Waals surface area contributed by atoms with Crippen LogP contribution in [0.4, 0.5) is 0 Å². The predicted octanol–water partition coefficient (Wildman–Crippen LogP) is -0.0986. The van der Waals surface area contributed by atoms with Crippen LogP contribution in [0.5, 0.6) is 0 Å². The van der Waals surface area contributed by atoms with E-state index in [0.717, 1.165) is 13.3 Å². The quantitative estimate of drug-likeness (QED) is 0.717. The van der Waals surface area contributed by atoms with E-state index in [1.54, 1.807) is 0 Å². The van der Waals surface area contributed by atoms with Crippen molar-refractivity contribution in [2.45, 2.75) is 32.1 Å². The van der Waals surface area contributed by atoms with Crippen molar-refractivity contribution in [2.24, 2.45) is 0 Å². The molecule has 2 aromatic rings. The number of aromatic amines is 2. The number of halogens is 1. The molecular formula is C17H23ClN2O4. The van der Waals surface area contributed by atoms with E-state index < -0.39 is 17.3 Å². The van der Waals surface area contributed by atoms with Crippen LogP contribution in [-0.4, -0.2) is 17.3 Å². The number of carbonyl (C=O) groups excluding carboxylic acids is 2. The molecule has 0 aromatic carbocycles. The molecule has 0 spiro atoms. The first-order valence-electron chi connectivity index (χ1n) is 7.26. The highest BCUT2D eigenvalue weighted by molar-refractivity contribution is 6.29. The molecule has 0 amide bonds. The molecule has 6 nitrogen and oxygen atoms in total. The largest absolute Gasteiger partial charge is 0.550 e. The number of alkyl halides is 1. The van der Waals surface area contributed by atoms with E-state index in [0.29, 0.717) is 6.42 Å². The molecule has 0 aliphatic heterocycles. The Kier molecular flexibility index (Phi) is 18.4. The molecule has 0 saturated carbocycles. The van der Waals surface area contributed by atoms with Crippen molar-refractivity contribution < 1.29 is 29.8 Å². The van der Waals surface area contributed by atoms with Gasteiger partial charge >= 0.3 is 0 Å². The van der Waals surface area contributed by atoms with E-state index in [9.17, 15) is 9.90 Å². The fraction of sp³-hybridized carbons (Fsp3) is 0.294. The first-order valence-corrected chi connectivity index (χ1v) is 7.70. The molecule has 1 unspecified atom stereocenters. The van der Waals surface area contributed by atoms with Crippen LogP contribution in [0.1, 0.15) is 26.7 Å². The highest BCUT2D eigenvalue weighted by atomic mass is 35.5. The van der Waals surface area contributed by atoms with E-state index in [-0.39, 0.29) is 0 Å². The molecule has 2 heterocycles. The van der Waals surface area contributed by atoms with E-state index in [2.05, 4.69) is 9.97 Å². The maximum absolute atomic E-state index is 9.85. The number of aromatic nitrogens is 2. The van der Waals surface area contributed by atoms with Crippen molar-refractivity contribution in [1.82, 2.24) is 0 Å². The lowest BCUT2D eigenvalue weighted by Crippen LogP contribution is -2.31. The second-order valence-corrected chi connectivity index (χ2v) is 4.75. The standard InChI is InChI=1S/C5H9ClO2.2C5H5N.C2H4O2/c1-2-3-4(6)5(7)8;2*1-2-4-6-5-3-1;1-2(3)4/h4H,2-3H2,1H3,(H,7,8);2*1-5H;1H3,(H,3,4). The fourth-order valence-corrected chi connectivity index (χ4v) is 1.27. The first-order chi connectivity index (χ1) is 11.4. The highest BCUT2D eigenvalue weighted by Gasteiger charge is 2.00. The van der Waals surface area contributed by atoms with Crippen LogP contribution in [0.15, 0.2) is 61.2 Å². The van der Waals surface area contributed by atoms with Gasteiger partial charge in [0.25, 0.3) is 0 Å². The summed E-state index contributed by atoms with van der Waals surface area (Å²) in [5.74, 6) is -2.26. The number of H-pyrrole nitrogens is 2. The number of rotatable bonds is 3. The summed E-state index contributed by atoms with van der Waals surface area (Å²) in [6, 6.07) is 11.7. The molecular weight excluding hydrogens is 332 g/mol. The monoisotopic (exact) mass is 354 g/mol. The molecule has 132 valence electrons. The smallest absolute Gasteiger partial charge is 0.166 e. The van der Waals surface area contributed by atoms with Crippen LogP contribution in [0, 0.1) is 0 Å². The van der Waals surface area contributed by atoms with Crippen molar-refractivity contribution in [3.05, 3.63) is 61.2 Å². The lowest BCUT2D eigenvalue weighted by atomic mass is 10.2. The summed E-state index contributed by atoms with van der Waals surface area (Å²) in [5.41, 5.74) is 0. The molecule has 2 N–H and O–H groups in total. The second kappa shape index (κ2) is 18.6. The maximum Gasteiger partial charge on any atom is 0.166 e. The highest BCUT2D eigenvalue weighted by Crippen LogP contribution is 2.02. The van der Waals surface area contributed by atoms with Crippen LogP contribution in [0.25, 0.3) is 0 Å². The molecule has 0 fully saturated rings. The summed E-state index contributed by atoms with van der Waals surface area (Å²) >= 11 is 5.25. The number of hydrogen-bond acceptors (Lipinski definition) is 4. The third-order valence-electron chi connectivity index (χ3n) is 2.01. The average molecular weight is 355 g/mol. The summed E-state index contributed by atoms with van der Waals surface area (Å²) in [6.07, 6.45) is 8.77. The van der Waals surface area contributed by atoms with Crippen molar-refractivity contribution >= 4 is 23.5 Å². The van der Waals surface area contributed by atoms with Gasteiger partial charge in [-0.2, -0.15) is 0 Å². The summed E-state index contributed by atoms with van der Waals surface area (Å²) < 4.78 is 0. The van der Waals surface area contributed by atoms with Gasteiger partial charge in [-0.05, 0) is 13.3 Å². The third-order valence-corrected chi connectivity index (χ3v) is 2.41. The van der Waals surface area contributed by atoms with E-state index in [4.69, 9.17) is 21.5 Å². The molecule has 2 aromatic heterocycles. The lowest BCUT2D eigenvalue weighted by molar-refractivity contribution is -0.378. The zero-order valence-electron chi connectivity index (χ0n) is 13.8. The average Bonchev–Trinajstić information content (AvgIpc) is 2.59. The summed E-state index contributed by atoms with van der Waals surface area (Å²) in [6.45, 7) is 2.85. The van der Waals surface area contributed by atoms with Crippen LogP contribution in [0.3, 0.4) is 0 Å². The maximum atomic E-state index is 9.85. The molecule has 24 heavy (non-hydrogen) atoms. The number of aliphatic carboxylic acids is 2. The van der Waals surface area contributed by atoms with Gasteiger partial charge in [0.2, 0.25) is 0 Å². The minimum absolute atomic E-state index is 0.490. The number of nitrogens with one attached hydrogen (secondary N) is 2. The van der Waals surface area contributed by atoms with E-state index >= 15 is 0 Å². The lowest BCUT2D eigenvalue weighted by Gasteiger charge is -2.06. The van der Waals surface area contributed by atoms with Gasteiger partial charge in [0, 0.05) is 30.2 Å². The molecule has 0 aliphatic carbocycles. The van der Waals surface area contributed by atoms with Gasteiger partial charge in [0.1, 0.15) is 0 Å². The molecule has 0 aliphatic rings. The number of hydrogen-bond donors (Lipinski definition) is 0. The zero-order valence-corrected chi connectivity index (χ0v) is 14.5. The van der Waals surface area contributed by atoms with Crippen LogP contribution < -0.4 is 20.2 Å². The summed E-state index contributed by atoms with van der Waals surface area (Å²) in [5, 5.41) is 17.9. The van der Waals surface area contributed by atoms with Crippen LogP contribution >= 0.6 is 11.6 Å². The normalized spacial score (nSPS) is 9.46. The Balaban J connectivity index is 0. The van der Waals surface area contributed by atoms with Crippen molar-refractivity contribution in [3.63, 3.8) is 0 Å². The minimum atomic E-state index is -1.17. The first kappa shape index (κ1) is 23.8. The Morgan fingerprint density at radius 1 is 0.917 bits per heavy atom. The fourth-order valence-electron chi connectivity index (χ4n) is 1.06.